The molecule has 0 fully saturated rings. The van der Waals surface area contributed by atoms with Gasteiger partial charge < -0.3 is 9.67 Å². The number of hydrogen-bond acceptors (Lipinski definition) is 2. The second kappa shape index (κ2) is 5.49. The average Bonchev–Trinajstić information content (AvgIpc) is 3.03. The van der Waals surface area contributed by atoms with Crippen LogP contribution in [-0.2, 0) is 13.1 Å². The molecule has 0 amide bonds. The molecule has 22 heavy (non-hydrogen) atoms. The fourth-order valence-electron chi connectivity index (χ4n) is 2.52. The number of para-hydroxylation sites is 1. The van der Waals surface area contributed by atoms with Gasteiger partial charge in [-0.05, 0) is 12.1 Å². The topological polar surface area (TPSA) is 43.0 Å². The predicted octanol–water partition coefficient (Wildman–Crippen LogP) is 3.06. The molecule has 0 saturated heterocycles. The molecule has 1 N–H and O–H groups in total. The second-order valence-electron chi connectivity index (χ2n) is 5.01. The highest BCUT2D eigenvalue weighted by Crippen LogP contribution is 2.31. The zero-order valence-electron chi connectivity index (χ0n) is 11.6. The number of aromatic nitrogens is 3. The summed E-state index contributed by atoms with van der Waals surface area (Å²) in [4.78, 5) is 0. The quantitative estimate of drug-likeness (QED) is 0.805. The van der Waals surface area contributed by atoms with Gasteiger partial charge in [-0.1, -0.05) is 18.2 Å². The van der Waals surface area contributed by atoms with Crippen LogP contribution in [-0.4, -0.2) is 32.2 Å². The molecule has 7 heteroatoms. The molecule has 0 aliphatic heterocycles. The number of fused-ring (bicyclic) bond motifs is 1. The Kier molecular flexibility index (Phi) is 3.66. The van der Waals surface area contributed by atoms with E-state index in [4.69, 9.17) is 5.11 Å². The molecule has 0 aliphatic carbocycles. The number of alkyl halides is 3. The summed E-state index contributed by atoms with van der Waals surface area (Å²) in [5.41, 5.74) is 1.58. The Bertz CT molecular complexity index is 789. The number of aliphatic hydroxyl groups excluding tert-OH is 1. The molecule has 3 rings (SSSR count). The molecule has 0 bridgehead atoms. The summed E-state index contributed by atoms with van der Waals surface area (Å²) in [7, 11) is 0. The zero-order valence-corrected chi connectivity index (χ0v) is 11.6. The molecular weight excluding hydrogens is 295 g/mol. The molecule has 2 heterocycles. The van der Waals surface area contributed by atoms with E-state index in [0.717, 1.165) is 5.39 Å². The van der Waals surface area contributed by atoms with Crippen molar-refractivity contribution in [2.75, 3.05) is 6.61 Å². The van der Waals surface area contributed by atoms with Crippen molar-refractivity contribution >= 4 is 10.9 Å². The smallest absolute Gasteiger partial charge is 0.394 e. The van der Waals surface area contributed by atoms with E-state index in [2.05, 4.69) is 5.10 Å². The van der Waals surface area contributed by atoms with Gasteiger partial charge in [0.25, 0.3) is 0 Å². The molecule has 0 atom stereocenters. The first-order valence-corrected chi connectivity index (χ1v) is 6.76. The van der Waals surface area contributed by atoms with Gasteiger partial charge in [0, 0.05) is 22.7 Å². The van der Waals surface area contributed by atoms with Crippen LogP contribution < -0.4 is 0 Å². The molecule has 1 aromatic carbocycles. The van der Waals surface area contributed by atoms with Crippen molar-refractivity contribution in [3.05, 3.63) is 42.7 Å². The van der Waals surface area contributed by atoms with E-state index in [9.17, 15) is 13.2 Å². The Morgan fingerprint density at radius 1 is 1.18 bits per heavy atom. The first-order valence-electron chi connectivity index (χ1n) is 6.76. The van der Waals surface area contributed by atoms with Gasteiger partial charge in [-0.25, -0.2) is 0 Å². The molecule has 0 spiro atoms. The highest BCUT2D eigenvalue weighted by molar-refractivity contribution is 5.86. The molecule has 0 saturated carbocycles. The first-order chi connectivity index (χ1) is 10.5. The monoisotopic (exact) mass is 309 g/mol. The van der Waals surface area contributed by atoms with E-state index in [0.29, 0.717) is 23.3 Å². The van der Waals surface area contributed by atoms with Crippen LogP contribution in [0.15, 0.2) is 42.7 Å². The van der Waals surface area contributed by atoms with Gasteiger partial charge in [-0.3, -0.25) is 4.68 Å². The summed E-state index contributed by atoms with van der Waals surface area (Å²) >= 11 is 0. The summed E-state index contributed by atoms with van der Waals surface area (Å²) in [6.07, 6.45) is -1.16. The van der Waals surface area contributed by atoms with Crippen LogP contribution in [0.25, 0.3) is 22.2 Å². The van der Waals surface area contributed by atoms with E-state index in [1.54, 1.807) is 36.5 Å². The molecule has 116 valence electrons. The molecule has 0 unspecified atom stereocenters. The molecule has 3 aromatic rings. The van der Waals surface area contributed by atoms with E-state index in [1.165, 1.54) is 15.4 Å². The third-order valence-corrected chi connectivity index (χ3v) is 3.41. The van der Waals surface area contributed by atoms with Crippen molar-refractivity contribution in [3.8, 4) is 11.3 Å². The fraction of sp³-hybridized carbons (Fsp3) is 0.267. The Hall–Kier alpha value is -2.28. The predicted molar refractivity (Wildman–Crippen MR) is 76.3 cm³/mol. The van der Waals surface area contributed by atoms with Crippen molar-refractivity contribution < 1.29 is 18.3 Å². The van der Waals surface area contributed by atoms with Crippen molar-refractivity contribution in [2.24, 2.45) is 0 Å². The second-order valence-corrected chi connectivity index (χ2v) is 5.01. The van der Waals surface area contributed by atoms with Crippen LogP contribution in [0.2, 0.25) is 0 Å². The van der Waals surface area contributed by atoms with Crippen LogP contribution in [0.4, 0.5) is 13.2 Å². The highest BCUT2D eigenvalue weighted by Gasteiger charge is 2.30. The molecule has 2 aromatic heterocycles. The minimum atomic E-state index is -4.31. The molecular formula is C15H14F3N3O. The van der Waals surface area contributed by atoms with Crippen LogP contribution in [0.3, 0.4) is 0 Å². The third-order valence-electron chi connectivity index (χ3n) is 3.41. The van der Waals surface area contributed by atoms with Gasteiger partial charge in [-0.15, -0.1) is 0 Å². The van der Waals surface area contributed by atoms with Crippen LogP contribution in [0.1, 0.15) is 0 Å². The van der Waals surface area contributed by atoms with Crippen molar-refractivity contribution in [1.82, 2.24) is 14.3 Å². The summed E-state index contributed by atoms with van der Waals surface area (Å²) in [6.45, 7) is -0.826. The average molecular weight is 309 g/mol. The lowest BCUT2D eigenvalue weighted by Gasteiger charge is -2.12. The van der Waals surface area contributed by atoms with Crippen LogP contribution >= 0.6 is 0 Å². The van der Waals surface area contributed by atoms with Crippen LogP contribution in [0.5, 0.6) is 0 Å². The zero-order chi connectivity index (χ0) is 15.7. The number of hydrogen-bond donors (Lipinski definition) is 1. The van der Waals surface area contributed by atoms with Gasteiger partial charge in [0.05, 0.1) is 25.0 Å². The SMILES string of the molecule is OCCn1cc(-c2cc3ccccc3n2CC(F)(F)F)cn1. The lowest BCUT2D eigenvalue weighted by atomic mass is 10.2. The standard InChI is InChI=1S/C15H14F3N3O/c16-15(17,18)10-21-13-4-2-1-3-11(13)7-14(21)12-8-19-20(9-12)5-6-22/h1-4,7-9,22H,5-6,10H2. The van der Waals surface area contributed by atoms with E-state index >= 15 is 0 Å². The van der Waals surface area contributed by atoms with Gasteiger partial charge >= 0.3 is 6.18 Å². The maximum atomic E-state index is 12.9. The third kappa shape index (κ3) is 2.85. The van der Waals surface area contributed by atoms with E-state index < -0.39 is 12.7 Å². The summed E-state index contributed by atoms with van der Waals surface area (Å²) in [5, 5.41) is 13.7. The van der Waals surface area contributed by atoms with E-state index in [1.807, 2.05) is 0 Å². The van der Waals surface area contributed by atoms with Crippen molar-refractivity contribution in [2.45, 2.75) is 19.3 Å². The number of nitrogens with zero attached hydrogens (tertiary/aromatic N) is 3. The number of rotatable bonds is 4. The first kappa shape index (κ1) is 14.6. The Labute approximate surface area is 124 Å². The largest absolute Gasteiger partial charge is 0.406 e. The Morgan fingerprint density at radius 3 is 2.68 bits per heavy atom. The van der Waals surface area contributed by atoms with Crippen molar-refractivity contribution in [1.29, 1.82) is 0 Å². The molecule has 4 nitrogen and oxygen atoms in total. The maximum Gasteiger partial charge on any atom is 0.406 e. The lowest BCUT2D eigenvalue weighted by Crippen LogP contribution is -2.18. The molecule has 0 radical (unpaired) electrons. The van der Waals surface area contributed by atoms with Gasteiger partial charge in [0.15, 0.2) is 0 Å². The van der Waals surface area contributed by atoms with Gasteiger partial charge in [-0.2, -0.15) is 18.3 Å². The number of benzene rings is 1. The minimum absolute atomic E-state index is 0.0767. The van der Waals surface area contributed by atoms with E-state index in [-0.39, 0.29) is 6.61 Å². The Morgan fingerprint density at radius 2 is 1.95 bits per heavy atom. The highest BCUT2D eigenvalue weighted by atomic mass is 19.4. The van der Waals surface area contributed by atoms with Crippen LogP contribution in [0, 0.1) is 0 Å². The Balaban J connectivity index is 2.12. The fourth-order valence-corrected chi connectivity index (χ4v) is 2.52. The number of aliphatic hydroxyl groups is 1. The summed E-state index contributed by atoms with van der Waals surface area (Å²) < 4.78 is 41.4. The number of halogens is 3. The summed E-state index contributed by atoms with van der Waals surface area (Å²) in [5.74, 6) is 0. The maximum absolute atomic E-state index is 12.9. The van der Waals surface area contributed by atoms with Gasteiger partial charge in [0.2, 0.25) is 0 Å². The lowest BCUT2D eigenvalue weighted by molar-refractivity contribution is -0.139. The normalized spacial score (nSPS) is 12.2. The molecule has 0 aliphatic rings. The minimum Gasteiger partial charge on any atom is -0.394 e. The van der Waals surface area contributed by atoms with Gasteiger partial charge in [0.1, 0.15) is 6.54 Å². The van der Waals surface area contributed by atoms with Crippen molar-refractivity contribution in [3.63, 3.8) is 0 Å². The summed E-state index contributed by atoms with van der Waals surface area (Å²) in [6, 6.07) is 8.68.